The average Bonchev–Trinajstić information content (AvgIpc) is 2.43. The largest absolute Gasteiger partial charge is 0.370 e. The van der Waals surface area contributed by atoms with Crippen molar-refractivity contribution in [3.05, 3.63) is 41.7 Å². The molecule has 0 bridgehead atoms. The van der Waals surface area contributed by atoms with E-state index < -0.39 is 11.6 Å². The maximum absolute atomic E-state index is 13.5. The Bertz CT molecular complexity index is 607. The first-order valence-electron chi connectivity index (χ1n) is 7.08. The Kier molecular flexibility index (Phi) is 4.83. The van der Waals surface area contributed by atoms with Crippen LogP contribution in [0.2, 0.25) is 0 Å². The first kappa shape index (κ1) is 15.4. The molecule has 2 rings (SSSR count). The van der Waals surface area contributed by atoms with E-state index in [1.54, 1.807) is 0 Å². The summed E-state index contributed by atoms with van der Waals surface area (Å²) in [4.78, 5) is 8.50. The molecule has 0 saturated heterocycles. The van der Waals surface area contributed by atoms with E-state index in [9.17, 15) is 8.78 Å². The van der Waals surface area contributed by atoms with E-state index in [0.29, 0.717) is 11.3 Å². The van der Waals surface area contributed by atoms with Gasteiger partial charge in [0.1, 0.15) is 23.8 Å². The number of aromatic nitrogens is 2. The Labute approximate surface area is 123 Å². The van der Waals surface area contributed by atoms with Gasteiger partial charge in [0, 0.05) is 23.7 Å². The molecule has 0 saturated carbocycles. The highest BCUT2D eigenvalue weighted by Gasteiger charge is 2.17. The number of anilines is 1. The van der Waals surface area contributed by atoms with Crippen molar-refractivity contribution in [3.8, 4) is 11.3 Å². The lowest BCUT2D eigenvalue weighted by Gasteiger charge is -2.17. The van der Waals surface area contributed by atoms with Gasteiger partial charge in [0.25, 0.3) is 0 Å². The molecule has 2 aromatic rings. The number of benzene rings is 1. The van der Waals surface area contributed by atoms with Gasteiger partial charge in [-0.05, 0) is 24.5 Å². The van der Waals surface area contributed by atoms with Crippen LogP contribution in [-0.2, 0) is 0 Å². The second-order valence-corrected chi connectivity index (χ2v) is 5.22. The van der Waals surface area contributed by atoms with Gasteiger partial charge in [-0.1, -0.05) is 20.8 Å². The van der Waals surface area contributed by atoms with Gasteiger partial charge in [-0.15, -0.1) is 0 Å². The van der Waals surface area contributed by atoms with Gasteiger partial charge in [0.2, 0.25) is 0 Å². The second-order valence-electron chi connectivity index (χ2n) is 5.22. The lowest BCUT2D eigenvalue weighted by Crippen LogP contribution is -2.09. The molecule has 0 amide bonds. The fourth-order valence-corrected chi connectivity index (χ4v) is 2.25. The number of rotatable bonds is 5. The SMILES string of the molecule is CCCNc1ncnc(-c2cc(F)cc(F)c2)c1C(C)C. The Hall–Kier alpha value is -2.04. The van der Waals surface area contributed by atoms with E-state index in [2.05, 4.69) is 22.2 Å². The molecule has 0 aliphatic heterocycles. The Morgan fingerprint density at radius 2 is 1.76 bits per heavy atom. The highest BCUT2D eigenvalue weighted by Crippen LogP contribution is 2.32. The standard InChI is InChI=1S/C16H19F2N3/c1-4-5-19-16-14(10(2)3)15(20-9-21-16)11-6-12(17)8-13(18)7-11/h6-10H,4-5H2,1-3H3,(H,19,20,21). The van der Waals surface area contributed by atoms with E-state index in [1.165, 1.54) is 18.5 Å². The summed E-state index contributed by atoms with van der Waals surface area (Å²) < 4.78 is 26.9. The third kappa shape index (κ3) is 3.54. The summed E-state index contributed by atoms with van der Waals surface area (Å²) in [6.07, 6.45) is 2.38. The zero-order valence-corrected chi connectivity index (χ0v) is 12.5. The van der Waals surface area contributed by atoms with E-state index in [0.717, 1.165) is 30.4 Å². The van der Waals surface area contributed by atoms with E-state index in [4.69, 9.17) is 0 Å². The number of halogens is 2. The third-order valence-corrected chi connectivity index (χ3v) is 3.14. The van der Waals surface area contributed by atoms with Gasteiger partial charge in [-0.2, -0.15) is 0 Å². The van der Waals surface area contributed by atoms with Gasteiger partial charge >= 0.3 is 0 Å². The van der Waals surface area contributed by atoms with Crippen LogP contribution in [0.3, 0.4) is 0 Å². The molecule has 1 heterocycles. The Morgan fingerprint density at radius 1 is 1.10 bits per heavy atom. The van der Waals surface area contributed by atoms with Crippen LogP contribution in [-0.4, -0.2) is 16.5 Å². The van der Waals surface area contributed by atoms with E-state index in [-0.39, 0.29) is 5.92 Å². The van der Waals surface area contributed by atoms with Crippen molar-refractivity contribution in [1.82, 2.24) is 9.97 Å². The Morgan fingerprint density at radius 3 is 2.33 bits per heavy atom. The number of hydrogen-bond acceptors (Lipinski definition) is 3. The lowest BCUT2D eigenvalue weighted by atomic mass is 9.97. The monoisotopic (exact) mass is 291 g/mol. The lowest BCUT2D eigenvalue weighted by molar-refractivity contribution is 0.584. The van der Waals surface area contributed by atoms with Crippen LogP contribution in [0.1, 0.15) is 38.7 Å². The van der Waals surface area contributed by atoms with Gasteiger partial charge < -0.3 is 5.32 Å². The topological polar surface area (TPSA) is 37.8 Å². The summed E-state index contributed by atoms with van der Waals surface area (Å²) in [7, 11) is 0. The van der Waals surface area contributed by atoms with E-state index in [1.807, 2.05) is 13.8 Å². The summed E-state index contributed by atoms with van der Waals surface area (Å²) >= 11 is 0. The quantitative estimate of drug-likeness (QED) is 0.889. The molecule has 112 valence electrons. The smallest absolute Gasteiger partial charge is 0.133 e. The number of nitrogens with one attached hydrogen (secondary N) is 1. The van der Waals surface area contributed by atoms with Crippen molar-refractivity contribution in [1.29, 1.82) is 0 Å². The highest BCUT2D eigenvalue weighted by molar-refractivity contribution is 5.69. The average molecular weight is 291 g/mol. The zero-order valence-electron chi connectivity index (χ0n) is 12.5. The fourth-order valence-electron chi connectivity index (χ4n) is 2.25. The van der Waals surface area contributed by atoms with Crippen LogP contribution in [0.15, 0.2) is 24.5 Å². The van der Waals surface area contributed by atoms with Crippen LogP contribution in [0, 0.1) is 11.6 Å². The van der Waals surface area contributed by atoms with Crippen molar-refractivity contribution in [2.24, 2.45) is 0 Å². The van der Waals surface area contributed by atoms with Crippen LogP contribution >= 0.6 is 0 Å². The van der Waals surface area contributed by atoms with Crippen LogP contribution in [0.25, 0.3) is 11.3 Å². The van der Waals surface area contributed by atoms with Gasteiger partial charge in [-0.3, -0.25) is 0 Å². The Balaban J connectivity index is 2.56. The van der Waals surface area contributed by atoms with Crippen molar-refractivity contribution < 1.29 is 8.78 Å². The van der Waals surface area contributed by atoms with E-state index >= 15 is 0 Å². The predicted molar refractivity (Wildman–Crippen MR) is 80.3 cm³/mol. The van der Waals surface area contributed by atoms with Gasteiger partial charge in [0.05, 0.1) is 5.69 Å². The first-order valence-corrected chi connectivity index (χ1v) is 7.08. The first-order chi connectivity index (χ1) is 10.0. The molecule has 0 unspecified atom stereocenters. The van der Waals surface area contributed by atoms with Crippen molar-refractivity contribution in [3.63, 3.8) is 0 Å². The molecular weight excluding hydrogens is 272 g/mol. The summed E-state index contributed by atoms with van der Waals surface area (Å²) in [5, 5.41) is 3.25. The zero-order chi connectivity index (χ0) is 15.4. The van der Waals surface area contributed by atoms with Gasteiger partial charge in [-0.25, -0.2) is 18.7 Å². The summed E-state index contributed by atoms with van der Waals surface area (Å²) in [6.45, 7) is 6.86. The number of hydrogen-bond donors (Lipinski definition) is 1. The molecule has 21 heavy (non-hydrogen) atoms. The minimum atomic E-state index is -0.610. The molecule has 0 aliphatic carbocycles. The molecule has 0 aliphatic rings. The van der Waals surface area contributed by atoms with Gasteiger partial charge in [0.15, 0.2) is 0 Å². The maximum atomic E-state index is 13.5. The molecule has 1 aromatic carbocycles. The van der Waals surface area contributed by atoms with Crippen LogP contribution in [0.4, 0.5) is 14.6 Å². The fraction of sp³-hybridized carbons (Fsp3) is 0.375. The molecule has 0 fully saturated rings. The molecule has 0 radical (unpaired) electrons. The minimum Gasteiger partial charge on any atom is -0.370 e. The predicted octanol–water partition coefficient (Wildman–Crippen LogP) is 4.37. The van der Waals surface area contributed by atoms with Crippen molar-refractivity contribution in [2.75, 3.05) is 11.9 Å². The van der Waals surface area contributed by atoms with Crippen molar-refractivity contribution >= 4 is 5.82 Å². The van der Waals surface area contributed by atoms with Crippen LogP contribution in [0.5, 0.6) is 0 Å². The normalized spacial score (nSPS) is 11.0. The van der Waals surface area contributed by atoms with Crippen LogP contribution < -0.4 is 5.32 Å². The summed E-state index contributed by atoms with van der Waals surface area (Å²) in [5.41, 5.74) is 1.87. The molecule has 3 nitrogen and oxygen atoms in total. The number of nitrogens with zero attached hydrogens (tertiary/aromatic N) is 2. The summed E-state index contributed by atoms with van der Waals surface area (Å²) in [5.74, 6) is -0.365. The molecule has 1 aromatic heterocycles. The minimum absolute atomic E-state index is 0.131. The highest BCUT2D eigenvalue weighted by atomic mass is 19.1. The maximum Gasteiger partial charge on any atom is 0.133 e. The molecule has 0 spiro atoms. The molecule has 5 heteroatoms. The van der Waals surface area contributed by atoms with Crippen molar-refractivity contribution in [2.45, 2.75) is 33.1 Å². The molecule has 1 N–H and O–H groups in total. The second kappa shape index (κ2) is 6.61. The third-order valence-electron chi connectivity index (χ3n) is 3.14. The summed E-state index contributed by atoms with van der Waals surface area (Å²) in [6, 6.07) is 3.44. The molecular formula is C16H19F2N3. The molecule has 0 atom stereocenters.